The summed E-state index contributed by atoms with van der Waals surface area (Å²) in [5.74, 6) is 1.36. The number of rotatable bonds is 5. The normalized spacial score (nSPS) is 11.7. The van der Waals surface area contributed by atoms with Crippen molar-refractivity contribution in [3.63, 3.8) is 0 Å². The predicted molar refractivity (Wildman–Crippen MR) is 96.0 cm³/mol. The number of halogens is 1. The monoisotopic (exact) mass is 340 g/mol. The minimum absolute atomic E-state index is 0.194. The van der Waals surface area contributed by atoms with E-state index in [2.05, 4.69) is 25.8 Å². The summed E-state index contributed by atoms with van der Waals surface area (Å²) in [7, 11) is 1.71. The maximum absolute atomic E-state index is 13.6. The van der Waals surface area contributed by atoms with E-state index in [0.29, 0.717) is 31.0 Å². The van der Waals surface area contributed by atoms with Crippen LogP contribution in [0.4, 0.5) is 4.39 Å². The third-order valence-electron chi connectivity index (χ3n) is 3.95. The molecule has 0 amide bonds. The molecule has 0 aliphatic rings. The van der Waals surface area contributed by atoms with Gasteiger partial charge in [0.2, 0.25) is 0 Å². The molecule has 0 spiro atoms. The molecule has 2 heterocycles. The van der Waals surface area contributed by atoms with E-state index in [1.54, 1.807) is 20.0 Å². The second-order valence-electron chi connectivity index (χ2n) is 5.73. The minimum atomic E-state index is -0.194. The van der Waals surface area contributed by atoms with Crippen molar-refractivity contribution in [3.8, 4) is 0 Å². The molecular weight excluding hydrogens is 319 g/mol. The molecule has 25 heavy (non-hydrogen) atoms. The smallest absolute Gasteiger partial charge is 0.191 e. The lowest BCUT2D eigenvalue weighted by atomic mass is 10.1. The molecule has 7 heteroatoms. The number of aryl methyl sites for hydroxylation is 1. The largest absolute Gasteiger partial charge is 0.356 e. The van der Waals surface area contributed by atoms with Gasteiger partial charge in [0, 0.05) is 32.8 Å². The summed E-state index contributed by atoms with van der Waals surface area (Å²) in [4.78, 5) is 4.18. The molecule has 2 N–H and O–H groups in total. The first-order valence-electron chi connectivity index (χ1n) is 8.15. The van der Waals surface area contributed by atoms with Crippen molar-refractivity contribution in [2.75, 3.05) is 13.6 Å². The summed E-state index contributed by atoms with van der Waals surface area (Å²) in [5.41, 5.74) is 2.35. The maximum Gasteiger partial charge on any atom is 0.191 e. The number of guanidine groups is 1. The van der Waals surface area contributed by atoms with Gasteiger partial charge >= 0.3 is 0 Å². The van der Waals surface area contributed by atoms with Gasteiger partial charge in [0.05, 0.1) is 0 Å². The van der Waals surface area contributed by atoms with Crippen LogP contribution in [0.15, 0.2) is 47.6 Å². The lowest BCUT2D eigenvalue weighted by Crippen LogP contribution is -2.38. The quantitative estimate of drug-likeness (QED) is 0.551. The van der Waals surface area contributed by atoms with Crippen molar-refractivity contribution < 1.29 is 4.39 Å². The molecule has 130 valence electrons. The Morgan fingerprint density at radius 2 is 2.08 bits per heavy atom. The molecule has 6 nitrogen and oxygen atoms in total. The van der Waals surface area contributed by atoms with Gasteiger partial charge in [0.25, 0.3) is 0 Å². The Kier molecular flexibility index (Phi) is 5.23. The molecule has 0 saturated carbocycles. The van der Waals surface area contributed by atoms with Crippen LogP contribution >= 0.6 is 0 Å². The standard InChI is InChI=1S/C18H21FN6/c1-13-6-7-14(11-15(13)19)12-22-18(20-2)21-9-8-17-24-23-16-5-3-4-10-25(16)17/h3-7,10-11H,8-9,12H2,1-2H3,(H2,20,21,22). The number of aromatic nitrogens is 3. The van der Waals surface area contributed by atoms with Crippen LogP contribution in [-0.4, -0.2) is 34.2 Å². The van der Waals surface area contributed by atoms with Crippen LogP contribution in [0.5, 0.6) is 0 Å². The average molecular weight is 340 g/mol. The zero-order chi connectivity index (χ0) is 17.6. The van der Waals surface area contributed by atoms with Crippen molar-refractivity contribution in [2.24, 2.45) is 4.99 Å². The van der Waals surface area contributed by atoms with Crippen LogP contribution in [0.25, 0.3) is 5.65 Å². The van der Waals surface area contributed by atoms with E-state index in [9.17, 15) is 4.39 Å². The number of benzene rings is 1. The third kappa shape index (κ3) is 4.12. The molecule has 0 fully saturated rings. The molecule has 0 radical (unpaired) electrons. The van der Waals surface area contributed by atoms with Crippen molar-refractivity contribution in [1.82, 2.24) is 25.2 Å². The molecule has 0 saturated heterocycles. The summed E-state index contributed by atoms with van der Waals surface area (Å²) in [6.07, 6.45) is 2.66. The van der Waals surface area contributed by atoms with E-state index in [1.807, 2.05) is 34.9 Å². The van der Waals surface area contributed by atoms with Gasteiger partial charge in [-0.3, -0.25) is 9.39 Å². The second-order valence-corrected chi connectivity index (χ2v) is 5.73. The first-order valence-corrected chi connectivity index (χ1v) is 8.15. The fourth-order valence-electron chi connectivity index (χ4n) is 2.51. The van der Waals surface area contributed by atoms with Crippen LogP contribution in [0.3, 0.4) is 0 Å². The first-order chi connectivity index (χ1) is 12.2. The summed E-state index contributed by atoms with van der Waals surface area (Å²) in [6.45, 7) is 2.92. The van der Waals surface area contributed by atoms with E-state index in [-0.39, 0.29) is 5.82 Å². The average Bonchev–Trinajstić information content (AvgIpc) is 3.04. The zero-order valence-corrected chi connectivity index (χ0v) is 14.3. The van der Waals surface area contributed by atoms with E-state index < -0.39 is 0 Å². The Morgan fingerprint density at radius 3 is 2.88 bits per heavy atom. The molecule has 0 aliphatic heterocycles. The summed E-state index contributed by atoms with van der Waals surface area (Å²) < 4.78 is 15.5. The minimum Gasteiger partial charge on any atom is -0.356 e. The molecule has 0 bridgehead atoms. The van der Waals surface area contributed by atoms with Crippen molar-refractivity contribution in [3.05, 3.63) is 65.4 Å². The first kappa shape index (κ1) is 16.9. The van der Waals surface area contributed by atoms with E-state index in [1.165, 1.54) is 6.07 Å². The Bertz CT molecular complexity index is 886. The number of nitrogens with zero attached hydrogens (tertiary/aromatic N) is 4. The third-order valence-corrected chi connectivity index (χ3v) is 3.95. The van der Waals surface area contributed by atoms with Crippen LogP contribution in [0.2, 0.25) is 0 Å². The highest BCUT2D eigenvalue weighted by Crippen LogP contribution is 2.08. The van der Waals surface area contributed by atoms with Crippen molar-refractivity contribution in [1.29, 1.82) is 0 Å². The van der Waals surface area contributed by atoms with E-state index in [4.69, 9.17) is 0 Å². The number of hydrogen-bond acceptors (Lipinski definition) is 3. The van der Waals surface area contributed by atoms with Gasteiger partial charge in [-0.1, -0.05) is 18.2 Å². The number of hydrogen-bond donors (Lipinski definition) is 2. The maximum atomic E-state index is 13.6. The van der Waals surface area contributed by atoms with Gasteiger partial charge in [-0.2, -0.15) is 0 Å². The van der Waals surface area contributed by atoms with Crippen LogP contribution in [-0.2, 0) is 13.0 Å². The summed E-state index contributed by atoms with van der Waals surface area (Å²) >= 11 is 0. The Balaban J connectivity index is 1.51. The van der Waals surface area contributed by atoms with Gasteiger partial charge in [-0.15, -0.1) is 10.2 Å². The van der Waals surface area contributed by atoms with Crippen LogP contribution < -0.4 is 10.6 Å². The van der Waals surface area contributed by atoms with Gasteiger partial charge in [-0.05, 0) is 36.2 Å². The molecule has 3 rings (SSSR count). The lowest BCUT2D eigenvalue weighted by molar-refractivity contribution is 0.615. The fraction of sp³-hybridized carbons (Fsp3) is 0.278. The van der Waals surface area contributed by atoms with Crippen molar-refractivity contribution in [2.45, 2.75) is 19.9 Å². The SMILES string of the molecule is CN=C(NCCc1nnc2ccccn12)NCc1ccc(C)c(F)c1. The highest BCUT2D eigenvalue weighted by atomic mass is 19.1. The molecule has 0 atom stereocenters. The molecule has 3 aromatic rings. The molecule has 2 aromatic heterocycles. The predicted octanol–water partition coefficient (Wildman–Crippen LogP) is 2.08. The summed E-state index contributed by atoms with van der Waals surface area (Å²) in [6, 6.07) is 11.0. The Hall–Kier alpha value is -2.96. The van der Waals surface area contributed by atoms with Gasteiger partial charge in [-0.25, -0.2) is 4.39 Å². The van der Waals surface area contributed by atoms with Gasteiger partial charge in [0.15, 0.2) is 11.6 Å². The highest BCUT2D eigenvalue weighted by Gasteiger charge is 2.05. The lowest BCUT2D eigenvalue weighted by Gasteiger charge is -2.12. The van der Waals surface area contributed by atoms with Crippen LogP contribution in [0, 0.1) is 12.7 Å². The van der Waals surface area contributed by atoms with E-state index in [0.717, 1.165) is 17.0 Å². The number of pyridine rings is 1. The zero-order valence-electron chi connectivity index (χ0n) is 14.3. The molecule has 0 unspecified atom stereocenters. The molecule has 0 aliphatic carbocycles. The van der Waals surface area contributed by atoms with Crippen LogP contribution in [0.1, 0.15) is 17.0 Å². The molecule has 1 aromatic carbocycles. The van der Waals surface area contributed by atoms with Gasteiger partial charge in [0.1, 0.15) is 11.6 Å². The Morgan fingerprint density at radius 1 is 1.20 bits per heavy atom. The Labute approximate surface area is 145 Å². The summed E-state index contributed by atoms with van der Waals surface area (Å²) in [5, 5.41) is 14.7. The number of nitrogens with one attached hydrogen (secondary N) is 2. The number of fused-ring (bicyclic) bond motifs is 1. The number of aliphatic imine (C=N–C) groups is 1. The fourth-order valence-corrected chi connectivity index (χ4v) is 2.51. The topological polar surface area (TPSA) is 66.6 Å². The van der Waals surface area contributed by atoms with Crippen molar-refractivity contribution >= 4 is 11.6 Å². The molecular formula is C18H21FN6. The second kappa shape index (κ2) is 7.74. The highest BCUT2D eigenvalue weighted by molar-refractivity contribution is 5.79. The van der Waals surface area contributed by atoms with Gasteiger partial charge < -0.3 is 10.6 Å². The van der Waals surface area contributed by atoms with E-state index >= 15 is 0 Å².